The van der Waals surface area contributed by atoms with Crippen LogP contribution in [0.2, 0.25) is 0 Å². The second-order valence-electron chi connectivity index (χ2n) is 3.29. The van der Waals surface area contributed by atoms with E-state index in [2.05, 4.69) is 23.0 Å². The van der Waals surface area contributed by atoms with Crippen molar-refractivity contribution in [2.45, 2.75) is 20.5 Å². The molecule has 3 heteroatoms. The lowest BCUT2D eigenvalue weighted by atomic mass is 10.2. The number of fused-ring (bicyclic) bond motifs is 1. The molecule has 2 aromatic rings. The van der Waals surface area contributed by atoms with Crippen LogP contribution >= 0.6 is 0 Å². The van der Waals surface area contributed by atoms with Crippen molar-refractivity contribution < 1.29 is 4.74 Å². The summed E-state index contributed by atoms with van der Waals surface area (Å²) < 4.78 is 5.30. The summed E-state index contributed by atoms with van der Waals surface area (Å²) in [6.45, 7) is 5.32. The Kier molecular flexibility index (Phi) is 2.50. The largest absolute Gasteiger partial charge is 0.374 e. The van der Waals surface area contributed by atoms with Gasteiger partial charge in [0.15, 0.2) is 0 Å². The lowest BCUT2D eigenvalue weighted by molar-refractivity contribution is 0.129. The molecular formula is C11H14N2O. The summed E-state index contributed by atoms with van der Waals surface area (Å²) in [4.78, 5) is 7.70. The number of H-pyrrole nitrogens is 1. The van der Waals surface area contributed by atoms with Crippen LogP contribution in [0.3, 0.4) is 0 Å². The minimum Gasteiger partial charge on any atom is -0.374 e. The van der Waals surface area contributed by atoms with E-state index in [9.17, 15) is 0 Å². The molecule has 0 radical (unpaired) electrons. The first-order valence-electron chi connectivity index (χ1n) is 4.83. The van der Waals surface area contributed by atoms with Crippen LogP contribution in [0.1, 0.15) is 18.3 Å². The molecule has 0 saturated heterocycles. The Hall–Kier alpha value is -1.35. The fourth-order valence-corrected chi connectivity index (χ4v) is 1.49. The molecule has 0 amide bonds. The van der Waals surface area contributed by atoms with Crippen LogP contribution in [0.15, 0.2) is 18.2 Å². The summed E-state index contributed by atoms with van der Waals surface area (Å²) in [5.74, 6) is 0.899. The Labute approximate surface area is 83.1 Å². The van der Waals surface area contributed by atoms with E-state index >= 15 is 0 Å². The molecule has 0 unspecified atom stereocenters. The van der Waals surface area contributed by atoms with Gasteiger partial charge in [-0.05, 0) is 25.5 Å². The number of imidazole rings is 1. The highest BCUT2D eigenvalue weighted by molar-refractivity contribution is 5.78. The summed E-state index contributed by atoms with van der Waals surface area (Å²) in [6, 6.07) is 6.12. The van der Waals surface area contributed by atoms with Gasteiger partial charge in [-0.3, -0.25) is 0 Å². The first-order chi connectivity index (χ1) is 6.81. The van der Waals surface area contributed by atoms with Crippen LogP contribution in [0.5, 0.6) is 0 Å². The normalized spacial score (nSPS) is 11.0. The number of aryl methyl sites for hydroxylation is 1. The molecule has 2 rings (SSSR count). The molecule has 0 aliphatic rings. The summed E-state index contributed by atoms with van der Waals surface area (Å²) in [6.07, 6.45) is 0. The molecule has 14 heavy (non-hydrogen) atoms. The number of hydrogen-bond donors (Lipinski definition) is 1. The van der Waals surface area contributed by atoms with Crippen molar-refractivity contribution in [3.8, 4) is 0 Å². The van der Waals surface area contributed by atoms with Crippen molar-refractivity contribution in [2.75, 3.05) is 6.61 Å². The average molecular weight is 190 g/mol. The lowest BCUT2D eigenvalue weighted by Gasteiger charge is -1.94. The quantitative estimate of drug-likeness (QED) is 0.807. The fraction of sp³-hybridized carbons (Fsp3) is 0.364. The summed E-state index contributed by atoms with van der Waals surface area (Å²) in [5, 5.41) is 0. The van der Waals surface area contributed by atoms with Crippen LogP contribution < -0.4 is 0 Å². The summed E-state index contributed by atoms with van der Waals surface area (Å²) in [7, 11) is 0. The molecule has 1 N–H and O–H groups in total. The zero-order valence-corrected chi connectivity index (χ0v) is 8.50. The predicted molar refractivity (Wildman–Crippen MR) is 56.2 cm³/mol. The number of benzene rings is 1. The maximum atomic E-state index is 5.30. The second-order valence-corrected chi connectivity index (χ2v) is 3.29. The number of nitrogens with one attached hydrogen (secondary N) is 1. The molecule has 0 spiro atoms. The van der Waals surface area contributed by atoms with Gasteiger partial charge in [-0.15, -0.1) is 0 Å². The van der Waals surface area contributed by atoms with Gasteiger partial charge in [-0.2, -0.15) is 0 Å². The van der Waals surface area contributed by atoms with E-state index in [1.54, 1.807) is 0 Å². The molecule has 1 heterocycles. The van der Waals surface area contributed by atoms with Gasteiger partial charge in [-0.25, -0.2) is 4.98 Å². The highest BCUT2D eigenvalue weighted by Crippen LogP contribution is 2.15. The highest BCUT2D eigenvalue weighted by atomic mass is 16.5. The molecule has 0 atom stereocenters. The van der Waals surface area contributed by atoms with Crippen molar-refractivity contribution in [1.82, 2.24) is 9.97 Å². The predicted octanol–water partition coefficient (Wildman–Crippen LogP) is 2.41. The number of ether oxygens (including phenoxy) is 1. The Morgan fingerprint density at radius 1 is 1.43 bits per heavy atom. The molecule has 1 aromatic heterocycles. The number of hydrogen-bond acceptors (Lipinski definition) is 2. The minimum atomic E-state index is 0.560. The van der Waals surface area contributed by atoms with Gasteiger partial charge < -0.3 is 9.72 Å². The molecule has 3 nitrogen and oxygen atoms in total. The average Bonchev–Trinajstić information content (AvgIpc) is 2.59. The van der Waals surface area contributed by atoms with Crippen LogP contribution in [0, 0.1) is 6.92 Å². The Bertz CT molecular complexity index is 434. The van der Waals surface area contributed by atoms with Crippen molar-refractivity contribution in [1.29, 1.82) is 0 Å². The van der Waals surface area contributed by atoms with E-state index < -0.39 is 0 Å². The lowest BCUT2D eigenvalue weighted by Crippen LogP contribution is -1.93. The highest BCUT2D eigenvalue weighted by Gasteiger charge is 2.03. The Morgan fingerprint density at radius 2 is 2.29 bits per heavy atom. The van der Waals surface area contributed by atoms with Crippen LogP contribution in [-0.4, -0.2) is 16.6 Å². The van der Waals surface area contributed by atoms with Crippen LogP contribution in [0.4, 0.5) is 0 Å². The molecule has 1 aromatic carbocycles. The van der Waals surface area contributed by atoms with E-state index in [1.165, 1.54) is 5.56 Å². The third kappa shape index (κ3) is 1.63. The van der Waals surface area contributed by atoms with E-state index in [0.29, 0.717) is 6.61 Å². The minimum absolute atomic E-state index is 0.560. The molecule has 0 fully saturated rings. The standard InChI is InChI=1S/C11H14N2O/c1-3-14-7-10-12-9-6-4-5-8(2)11(9)13-10/h4-6H,3,7H2,1-2H3,(H,12,13). The number of nitrogens with zero attached hydrogens (tertiary/aromatic N) is 1. The third-order valence-electron chi connectivity index (χ3n) is 2.21. The Morgan fingerprint density at radius 3 is 3.00 bits per heavy atom. The monoisotopic (exact) mass is 190 g/mol. The second kappa shape index (κ2) is 3.80. The van der Waals surface area contributed by atoms with Crippen LogP contribution in [0.25, 0.3) is 11.0 Å². The molecular weight excluding hydrogens is 176 g/mol. The number of para-hydroxylation sites is 1. The molecule has 74 valence electrons. The number of aromatic amines is 1. The molecule has 0 aliphatic carbocycles. The van der Waals surface area contributed by atoms with E-state index in [1.807, 2.05) is 19.1 Å². The first-order valence-corrected chi connectivity index (χ1v) is 4.83. The van der Waals surface area contributed by atoms with Crippen molar-refractivity contribution >= 4 is 11.0 Å². The van der Waals surface area contributed by atoms with Gasteiger partial charge in [-0.1, -0.05) is 12.1 Å². The van der Waals surface area contributed by atoms with Gasteiger partial charge in [0.2, 0.25) is 0 Å². The first kappa shape index (κ1) is 9.21. The van der Waals surface area contributed by atoms with Crippen molar-refractivity contribution in [2.24, 2.45) is 0 Å². The van der Waals surface area contributed by atoms with E-state index in [-0.39, 0.29) is 0 Å². The van der Waals surface area contributed by atoms with Gasteiger partial charge in [0, 0.05) is 6.61 Å². The zero-order valence-electron chi connectivity index (χ0n) is 8.50. The van der Waals surface area contributed by atoms with Crippen molar-refractivity contribution in [3.05, 3.63) is 29.6 Å². The molecule has 0 saturated carbocycles. The van der Waals surface area contributed by atoms with E-state index in [0.717, 1.165) is 23.5 Å². The molecule has 0 bridgehead atoms. The zero-order chi connectivity index (χ0) is 9.97. The smallest absolute Gasteiger partial charge is 0.133 e. The third-order valence-corrected chi connectivity index (χ3v) is 2.21. The van der Waals surface area contributed by atoms with Gasteiger partial charge >= 0.3 is 0 Å². The van der Waals surface area contributed by atoms with Crippen molar-refractivity contribution in [3.63, 3.8) is 0 Å². The number of rotatable bonds is 3. The SMILES string of the molecule is CCOCc1nc2c(C)cccc2[nH]1. The van der Waals surface area contributed by atoms with Crippen LogP contribution in [-0.2, 0) is 11.3 Å². The maximum Gasteiger partial charge on any atom is 0.133 e. The molecule has 0 aliphatic heterocycles. The number of aromatic nitrogens is 2. The summed E-state index contributed by atoms with van der Waals surface area (Å²) >= 11 is 0. The van der Waals surface area contributed by atoms with Gasteiger partial charge in [0.1, 0.15) is 12.4 Å². The summed E-state index contributed by atoms with van der Waals surface area (Å²) in [5.41, 5.74) is 3.32. The van der Waals surface area contributed by atoms with E-state index in [4.69, 9.17) is 4.74 Å². The maximum absolute atomic E-state index is 5.30. The van der Waals surface area contributed by atoms with Gasteiger partial charge in [0.25, 0.3) is 0 Å². The topological polar surface area (TPSA) is 37.9 Å². The van der Waals surface area contributed by atoms with Gasteiger partial charge in [0.05, 0.1) is 11.0 Å². The fourth-order valence-electron chi connectivity index (χ4n) is 1.49. The Balaban J connectivity index is 2.36.